The Kier molecular flexibility index (Phi) is 11.0. The number of hydrogen-bond acceptors (Lipinski definition) is 8. The first-order chi connectivity index (χ1) is 28.4. The molecule has 4 aromatic heterocycles. The van der Waals surface area contributed by atoms with Gasteiger partial charge in [0, 0.05) is 47.2 Å². The van der Waals surface area contributed by atoms with Gasteiger partial charge in [0.1, 0.15) is 11.9 Å². The van der Waals surface area contributed by atoms with Gasteiger partial charge < -0.3 is 10.6 Å². The largest absolute Gasteiger partial charge is 0.321 e. The van der Waals surface area contributed by atoms with E-state index in [0.29, 0.717) is 33.4 Å². The van der Waals surface area contributed by atoms with E-state index in [0.717, 1.165) is 58.5 Å². The van der Waals surface area contributed by atoms with Gasteiger partial charge in [-0.2, -0.15) is 15.5 Å². The monoisotopic (exact) mass is 768 g/mol. The number of carbonyl (C=O) groups is 2. The lowest BCUT2D eigenvalue weighted by Crippen LogP contribution is -2.29. The lowest BCUT2D eigenvalue weighted by atomic mass is 10.00. The summed E-state index contributed by atoms with van der Waals surface area (Å²) in [5.74, 6) is -0.862. The van der Waals surface area contributed by atoms with Crippen LogP contribution in [0.25, 0.3) is 44.1 Å². The summed E-state index contributed by atoms with van der Waals surface area (Å²) in [6, 6.07) is 33.1. The van der Waals surface area contributed by atoms with Crippen LogP contribution >= 0.6 is 0 Å². The molecule has 0 radical (unpaired) electrons. The first-order valence-corrected chi connectivity index (χ1v) is 18.8. The minimum atomic E-state index is -0.328. The molecule has 0 spiro atoms. The predicted molar refractivity (Wildman–Crippen MR) is 221 cm³/mol. The maximum absolute atomic E-state index is 14.5. The molecule has 0 unspecified atom stereocenters. The smallest absolute Gasteiger partial charge is 0.276 e. The van der Waals surface area contributed by atoms with Gasteiger partial charge in [0.15, 0.2) is 11.4 Å². The summed E-state index contributed by atoms with van der Waals surface area (Å²) in [4.78, 5) is 35.8. The third-order valence-electron chi connectivity index (χ3n) is 9.85. The normalized spacial score (nSPS) is 12.7. The van der Waals surface area contributed by atoms with Crippen LogP contribution in [-0.4, -0.2) is 60.2 Å². The van der Waals surface area contributed by atoms with Crippen molar-refractivity contribution >= 4 is 45.0 Å². The average Bonchev–Trinajstić information content (AvgIpc) is 3.89. The highest BCUT2D eigenvalue weighted by atomic mass is 19.1. The number of H-pyrrole nitrogens is 2. The second-order valence-electron chi connectivity index (χ2n) is 13.9. The number of nitrogens with zero attached hydrogens (tertiary/aromatic N) is 6. The lowest BCUT2D eigenvalue weighted by molar-refractivity contribution is 0.101. The Labute approximate surface area is 332 Å². The number of para-hydroxylation sites is 1. The Morgan fingerprint density at radius 1 is 0.672 bits per heavy atom. The van der Waals surface area contributed by atoms with Crippen LogP contribution in [0.1, 0.15) is 51.4 Å². The fraction of sp³-hybridized carbons (Fsp3) is 0.133. The van der Waals surface area contributed by atoms with Gasteiger partial charge >= 0.3 is 0 Å². The van der Waals surface area contributed by atoms with E-state index in [1.165, 1.54) is 25.5 Å². The first kappa shape index (κ1) is 37.4. The summed E-state index contributed by atoms with van der Waals surface area (Å²) in [6.45, 7) is 2.88. The van der Waals surface area contributed by atoms with Crippen LogP contribution in [0.5, 0.6) is 0 Å². The third-order valence-corrected chi connectivity index (χ3v) is 9.85. The molecule has 5 heterocycles. The molecule has 1 saturated heterocycles. The number of nitriles is 1. The number of pyridine rings is 2. The van der Waals surface area contributed by atoms with E-state index in [4.69, 9.17) is 5.26 Å². The fourth-order valence-electron chi connectivity index (χ4n) is 7.02. The summed E-state index contributed by atoms with van der Waals surface area (Å²) in [7, 11) is 0. The minimum absolute atomic E-state index is 0.246. The van der Waals surface area contributed by atoms with Crippen molar-refractivity contribution in [2.24, 2.45) is 0 Å². The topological polar surface area (TPSA) is 168 Å². The Bertz CT molecular complexity index is 2770. The number of anilines is 2. The second kappa shape index (κ2) is 17.1. The number of fused-ring (bicyclic) bond motifs is 2. The van der Waals surface area contributed by atoms with E-state index in [2.05, 4.69) is 52.0 Å². The number of carbonyl (C=O) groups excluding carboxylic acids is 2. The summed E-state index contributed by atoms with van der Waals surface area (Å²) >= 11 is 0. The average molecular weight is 769 g/mol. The van der Waals surface area contributed by atoms with E-state index in [1.54, 1.807) is 48.9 Å². The Morgan fingerprint density at radius 2 is 1.33 bits per heavy atom. The number of aromatic amines is 2. The Balaban J connectivity index is 0.000000165. The van der Waals surface area contributed by atoms with Crippen molar-refractivity contribution < 1.29 is 14.0 Å². The number of likely N-dealkylation sites (tertiary alicyclic amines) is 1. The molecule has 0 bridgehead atoms. The zero-order valence-corrected chi connectivity index (χ0v) is 31.2. The highest BCUT2D eigenvalue weighted by Gasteiger charge is 2.18. The summed E-state index contributed by atoms with van der Waals surface area (Å²) in [5.41, 5.74) is 8.15. The Hall–Kier alpha value is -7.56. The van der Waals surface area contributed by atoms with Crippen molar-refractivity contribution in [2.45, 2.75) is 25.8 Å². The molecule has 286 valence electrons. The number of amides is 2. The van der Waals surface area contributed by atoms with Crippen molar-refractivity contribution in [2.75, 3.05) is 23.7 Å². The van der Waals surface area contributed by atoms with Crippen LogP contribution in [0.3, 0.4) is 0 Å². The van der Waals surface area contributed by atoms with Crippen LogP contribution < -0.4 is 10.6 Å². The number of aromatic nitrogens is 6. The quantitative estimate of drug-likeness (QED) is 0.119. The first-order valence-electron chi connectivity index (χ1n) is 18.8. The van der Waals surface area contributed by atoms with E-state index < -0.39 is 0 Å². The fourth-order valence-corrected chi connectivity index (χ4v) is 7.02. The molecule has 8 aromatic rings. The molecule has 12 nitrogen and oxygen atoms in total. The number of benzene rings is 4. The highest BCUT2D eigenvalue weighted by molar-refractivity contribution is 6.12. The zero-order chi connectivity index (χ0) is 39.8. The molecule has 58 heavy (non-hydrogen) atoms. The van der Waals surface area contributed by atoms with Crippen LogP contribution in [0.2, 0.25) is 0 Å². The molecule has 1 aliphatic heterocycles. The molecule has 1 fully saturated rings. The number of halogens is 1. The number of rotatable bonds is 8. The van der Waals surface area contributed by atoms with E-state index in [1.807, 2.05) is 72.8 Å². The van der Waals surface area contributed by atoms with Gasteiger partial charge in [0.2, 0.25) is 0 Å². The molecule has 0 aliphatic carbocycles. The van der Waals surface area contributed by atoms with Crippen LogP contribution in [0.4, 0.5) is 15.8 Å². The van der Waals surface area contributed by atoms with Gasteiger partial charge in [-0.15, -0.1) is 0 Å². The predicted octanol–water partition coefficient (Wildman–Crippen LogP) is 8.75. The van der Waals surface area contributed by atoms with Crippen LogP contribution in [-0.2, 0) is 6.54 Å². The molecule has 4 N–H and O–H groups in total. The SMILES string of the molecule is N#Cc1cncc(-c2ccc3[nH]nc(C(=O)Nc4cccnc4)c3c2)c1.O=C(Nc1ccccc1)c1n[nH]c2ccc(-c3cc(F)cc(CN4CCCCC4)c3)cc12. The van der Waals surface area contributed by atoms with Crippen LogP contribution in [0, 0.1) is 17.1 Å². The molecule has 1 aliphatic rings. The summed E-state index contributed by atoms with van der Waals surface area (Å²) in [5, 5.41) is 30.2. The van der Waals surface area contributed by atoms with Crippen molar-refractivity contribution in [3.63, 3.8) is 0 Å². The molecule has 0 saturated carbocycles. The molecular weight excluding hydrogens is 732 g/mol. The Morgan fingerprint density at radius 3 is 1.98 bits per heavy atom. The summed E-state index contributed by atoms with van der Waals surface area (Å²) in [6.07, 6.45) is 10.1. The highest BCUT2D eigenvalue weighted by Crippen LogP contribution is 2.29. The van der Waals surface area contributed by atoms with Gasteiger partial charge in [0.05, 0.1) is 28.5 Å². The van der Waals surface area contributed by atoms with Gasteiger partial charge in [-0.25, -0.2) is 4.39 Å². The third kappa shape index (κ3) is 8.62. The molecule has 13 heteroatoms. The maximum Gasteiger partial charge on any atom is 0.276 e. The van der Waals surface area contributed by atoms with Crippen molar-refractivity contribution in [3.05, 3.63) is 156 Å². The lowest BCUT2D eigenvalue weighted by Gasteiger charge is -2.26. The van der Waals surface area contributed by atoms with Gasteiger partial charge in [-0.3, -0.25) is 34.7 Å². The number of nitrogens with one attached hydrogen (secondary N) is 4. The van der Waals surface area contributed by atoms with Crippen molar-refractivity contribution in [1.82, 2.24) is 35.3 Å². The number of piperidine rings is 1. The molecule has 4 aromatic carbocycles. The summed E-state index contributed by atoms with van der Waals surface area (Å²) < 4.78 is 14.5. The molecule has 2 amide bonds. The van der Waals surface area contributed by atoms with E-state index in [-0.39, 0.29) is 23.3 Å². The van der Waals surface area contributed by atoms with Gasteiger partial charge in [0.25, 0.3) is 11.8 Å². The standard InChI is InChI=1S/C26H25FN4O.C19H12N6O/c27-21-14-18(17-31-11-5-2-6-12-31)13-20(15-21)19-9-10-24-23(16-19)25(30-29-24)26(32)28-22-7-3-1-4-8-22;20-8-12-6-14(10-22-9-12)13-3-4-17-16(7-13)18(25-24-17)19(26)23-15-2-1-5-21-11-15/h1,3-4,7-10,13-16H,2,5-6,11-12,17H2,(H,28,32)(H,29,30);1-7,9-11H,(H,23,26)(H,24,25). The minimum Gasteiger partial charge on any atom is -0.321 e. The second-order valence-corrected chi connectivity index (χ2v) is 13.9. The molecule has 0 atom stereocenters. The van der Waals surface area contributed by atoms with Crippen molar-refractivity contribution in [3.8, 4) is 28.3 Å². The number of hydrogen-bond donors (Lipinski definition) is 4. The maximum atomic E-state index is 14.5. The van der Waals surface area contributed by atoms with E-state index >= 15 is 0 Å². The van der Waals surface area contributed by atoms with E-state index in [9.17, 15) is 14.0 Å². The van der Waals surface area contributed by atoms with Crippen LogP contribution in [0.15, 0.2) is 128 Å². The zero-order valence-electron chi connectivity index (χ0n) is 31.2. The van der Waals surface area contributed by atoms with Crippen molar-refractivity contribution in [1.29, 1.82) is 5.26 Å². The van der Waals surface area contributed by atoms with Gasteiger partial charge in [-0.05, 0) is 121 Å². The van der Waals surface area contributed by atoms with Gasteiger partial charge in [-0.1, -0.05) is 36.8 Å². The molecular formula is C45H37FN10O2. The molecule has 9 rings (SSSR count).